The van der Waals surface area contributed by atoms with E-state index < -0.39 is 11.9 Å². The number of aryl methyl sites for hydroxylation is 1. The van der Waals surface area contributed by atoms with Gasteiger partial charge in [-0.05, 0) is 55.0 Å². The number of amides is 3. The van der Waals surface area contributed by atoms with E-state index in [2.05, 4.69) is 17.6 Å². The molecule has 3 rings (SSSR count). The zero-order valence-corrected chi connectivity index (χ0v) is 15.0. The molecule has 0 saturated heterocycles. The number of hydrogen-bond acceptors (Lipinski definition) is 4. The number of ether oxygens (including phenoxy) is 1. The number of hydrogen-bond donors (Lipinski definition) is 3. The summed E-state index contributed by atoms with van der Waals surface area (Å²) >= 11 is 1.44. The molecule has 2 aromatic rings. The smallest absolute Gasteiger partial charge is 0.324 e. The highest BCUT2D eigenvalue weighted by Crippen LogP contribution is 2.39. The number of nitrogens with one attached hydrogen (secondary N) is 2. The third kappa shape index (κ3) is 3.76. The van der Waals surface area contributed by atoms with Crippen molar-refractivity contribution < 1.29 is 14.3 Å². The van der Waals surface area contributed by atoms with Crippen molar-refractivity contribution in [3.8, 4) is 5.75 Å². The van der Waals surface area contributed by atoms with Gasteiger partial charge in [-0.1, -0.05) is 6.92 Å². The van der Waals surface area contributed by atoms with Gasteiger partial charge in [0, 0.05) is 10.6 Å². The Labute approximate surface area is 150 Å². The van der Waals surface area contributed by atoms with E-state index in [4.69, 9.17) is 10.5 Å². The van der Waals surface area contributed by atoms with E-state index in [9.17, 15) is 9.59 Å². The lowest BCUT2D eigenvalue weighted by molar-refractivity contribution is 0.1000. The molecule has 3 amide bonds. The van der Waals surface area contributed by atoms with Crippen LogP contribution in [0.2, 0.25) is 0 Å². The third-order valence-electron chi connectivity index (χ3n) is 4.33. The van der Waals surface area contributed by atoms with E-state index in [1.165, 1.54) is 11.3 Å². The fraction of sp³-hybridized carbons (Fsp3) is 0.333. The predicted molar refractivity (Wildman–Crippen MR) is 99.7 cm³/mol. The fourth-order valence-corrected chi connectivity index (χ4v) is 4.29. The zero-order chi connectivity index (χ0) is 18.0. The quantitative estimate of drug-likeness (QED) is 0.778. The predicted octanol–water partition coefficient (Wildman–Crippen LogP) is 3.62. The molecule has 6 nitrogen and oxygen atoms in total. The van der Waals surface area contributed by atoms with Crippen molar-refractivity contribution in [2.45, 2.75) is 26.2 Å². The lowest BCUT2D eigenvalue weighted by atomic mass is 9.87. The van der Waals surface area contributed by atoms with Crippen molar-refractivity contribution in [2.24, 2.45) is 11.7 Å². The molecule has 0 radical (unpaired) electrons. The van der Waals surface area contributed by atoms with Gasteiger partial charge in [0.25, 0.3) is 5.91 Å². The first-order chi connectivity index (χ1) is 12.0. The van der Waals surface area contributed by atoms with E-state index in [1.807, 2.05) is 0 Å². The van der Waals surface area contributed by atoms with Crippen LogP contribution in [-0.4, -0.2) is 19.0 Å². The molecule has 1 aromatic heterocycles. The number of urea groups is 1. The summed E-state index contributed by atoms with van der Waals surface area (Å²) in [7, 11) is 1.58. The van der Waals surface area contributed by atoms with Crippen LogP contribution in [0, 0.1) is 5.92 Å². The van der Waals surface area contributed by atoms with Crippen LogP contribution in [0.15, 0.2) is 24.3 Å². The Morgan fingerprint density at radius 2 is 1.96 bits per heavy atom. The summed E-state index contributed by atoms with van der Waals surface area (Å²) in [6.07, 6.45) is 2.83. The fourth-order valence-electron chi connectivity index (χ4n) is 3.05. The molecule has 0 aliphatic heterocycles. The Morgan fingerprint density at radius 1 is 1.24 bits per heavy atom. The van der Waals surface area contributed by atoms with Crippen LogP contribution >= 0.6 is 11.3 Å². The minimum Gasteiger partial charge on any atom is -0.497 e. The van der Waals surface area contributed by atoms with Crippen LogP contribution in [-0.2, 0) is 12.8 Å². The number of thiophene rings is 1. The zero-order valence-electron chi connectivity index (χ0n) is 14.2. The molecule has 7 heteroatoms. The summed E-state index contributed by atoms with van der Waals surface area (Å²) in [5.74, 6) is 0.731. The number of carbonyl (C=O) groups excluding carboxylic acids is 2. The van der Waals surface area contributed by atoms with Crippen molar-refractivity contribution in [2.75, 3.05) is 17.7 Å². The number of rotatable bonds is 4. The molecule has 0 saturated carbocycles. The van der Waals surface area contributed by atoms with Gasteiger partial charge in [-0.15, -0.1) is 11.3 Å². The van der Waals surface area contributed by atoms with Gasteiger partial charge in [0.15, 0.2) is 0 Å². The first kappa shape index (κ1) is 17.3. The number of methoxy groups -OCH3 is 1. The Hall–Kier alpha value is -2.54. The third-order valence-corrected chi connectivity index (χ3v) is 5.54. The molecule has 1 aliphatic carbocycles. The van der Waals surface area contributed by atoms with Gasteiger partial charge < -0.3 is 15.8 Å². The molecule has 1 atom stereocenters. The van der Waals surface area contributed by atoms with Gasteiger partial charge >= 0.3 is 6.03 Å². The van der Waals surface area contributed by atoms with E-state index in [0.29, 0.717) is 27.9 Å². The second-order valence-corrected chi connectivity index (χ2v) is 7.33. The molecule has 4 N–H and O–H groups in total. The van der Waals surface area contributed by atoms with Gasteiger partial charge in [0.2, 0.25) is 0 Å². The highest BCUT2D eigenvalue weighted by molar-refractivity contribution is 7.17. The van der Waals surface area contributed by atoms with Crippen molar-refractivity contribution in [3.63, 3.8) is 0 Å². The first-order valence-corrected chi connectivity index (χ1v) is 8.96. The maximum Gasteiger partial charge on any atom is 0.324 e. The molecular formula is C18H21N3O3S. The number of anilines is 2. The topological polar surface area (TPSA) is 93.4 Å². The molecule has 132 valence electrons. The maximum absolute atomic E-state index is 12.3. The van der Waals surface area contributed by atoms with Gasteiger partial charge in [-0.2, -0.15) is 0 Å². The second kappa shape index (κ2) is 7.14. The van der Waals surface area contributed by atoms with Crippen LogP contribution in [0.4, 0.5) is 15.5 Å². The Morgan fingerprint density at radius 3 is 2.60 bits per heavy atom. The van der Waals surface area contributed by atoms with Crippen molar-refractivity contribution in [1.82, 2.24) is 0 Å². The summed E-state index contributed by atoms with van der Waals surface area (Å²) < 4.78 is 5.09. The summed E-state index contributed by atoms with van der Waals surface area (Å²) in [6.45, 7) is 2.16. The number of benzene rings is 1. The van der Waals surface area contributed by atoms with E-state index in [1.54, 1.807) is 31.4 Å². The van der Waals surface area contributed by atoms with Crippen LogP contribution in [0.25, 0.3) is 0 Å². The van der Waals surface area contributed by atoms with Crippen molar-refractivity contribution >= 4 is 34.0 Å². The minimum atomic E-state index is -0.494. The minimum absolute atomic E-state index is 0.403. The van der Waals surface area contributed by atoms with Gasteiger partial charge in [0.05, 0.1) is 12.7 Å². The molecule has 0 bridgehead atoms. The highest BCUT2D eigenvalue weighted by atomic mass is 32.1. The van der Waals surface area contributed by atoms with Crippen LogP contribution < -0.4 is 21.1 Å². The molecule has 0 spiro atoms. The molecular weight excluding hydrogens is 338 g/mol. The molecule has 1 aromatic carbocycles. The van der Waals surface area contributed by atoms with Crippen LogP contribution in [0.3, 0.4) is 0 Å². The lowest BCUT2D eigenvalue weighted by Gasteiger charge is -2.18. The Balaban J connectivity index is 1.77. The largest absolute Gasteiger partial charge is 0.497 e. The second-order valence-electron chi connectivity index (χ2n) is 6.23. The maximum atomic E-state index is 12.3. The monoisotopic (exact) mass is 359 g/mol. The van der Waals surface area contributed by atoms with Crippen molar-refractivity contribution in [1.29, 1.82) is 0 Å². The SMILES string of the molecule is COc1ccc(NC(=O)Nc2sc3c(c2C(N)=O)CC(C)CC3)cc1. The van der Waals surface area contributed by atoms with Gasteiger partial charge in [-0.3, -0.25) is 10.1 Å². The van der Waals surface area contributed by atoms with Crippen LogP contribution in [0.1, 0.15) is 34.1 Å². The number of nitrogens with two attached hydrogens (primary N) is 1. The summed E-state index contributed by atoms with van der Waals surface area (Å²) in [4.78, 5) is 25.3. The van der Waals surface area contributed by atoms with Crippen LogP contribution in [0.5, 0.6) is 5.75 Å². The van der Waals surface area contributed by atoms with E-state index in [-0.39, 0.29) is 0 Å². The average Bonchev–Trinajstić information content (AvgIpc) is 2.92. The number of fused-ring (bicyclic) bond motifs is 1. The Bertz CT molecular complexity index is 799. The van der Waals surface area contributed by atoms with Crippen molar-refractivity contribution in [3.05, 3.63) is 40.3 Å². The highest BCUT2D eigenvalue weighted by Gasteiger charge is 2.27. The molecule has 1 unspecified atom stereocenters. The molecule has 1 aliphatic rings. The number of primary amides is 1. The van der Waals surface area contributed by atoms with Gasteiger partial charge in [0.1, 0.15) is 10.8 Å². The van der Waals surface area contributed by atoms with Gasteiger partial charge in [-0.25, -0.2) is 4.79 Å². The number of carbonyl (C=O) groups is 2. The average molecular weight is 359 g/mol. The normalized spacial score (nSPS) is 16.0. The summed E-state index contributed by atoms with van der Waals surface area (Å²) in [6, 6.07) is 6.60. The standard InChI is InChI=1S/C18H21N3O3S/c1-10-3-8-14-13(9-10)15(16(19)22)17(25-14)21-18(23)20-11-4-6-12(24-2)7-5-11/h4-7,10H,3,8-9H2,1-2H3,(H2,19,22)(H2,20,21,23). The first-order valence-electron chi connectivity index (χ1n) is 8.14. The van der Waals surface area contributed by atoms with E-state index in [0.717, 1.165) is 29.7 Å². The Kier molecular flexibility index (Phi) is 4.94. The molecule has 0 fully saturated rings. The summed E-state index contributed by atoms with van der Waals surface area (Å²) in [5.41, 5.74) is 7.66. The molecule has 1 heterocycles. The summed E-state index contributed by atoms with van der Waals surface area (Å²) in [5, 5.41) is 6.05. The lowest BCUT2D eigenvalue weighted by Crippen LogP contribution is -2.22. The molecule has 25 heavy (non-hydrogen) atoms. The van der Waals surface area contributed by atoms with E-state index >= 15 is 0 Å².